The molecule has 0 spiro atoms. The fourth-order valence-electron chi connectivity index (χ4n) is 6.11. The molecule has 0 heterocycles. The van der Waals surface area contributed by atoms with E-state index in [0.717, 1.165) is 42.1 Å². The van der Waals surface area contributed by atoms with Crippen LogP contribution in [0.5, 0.6) is 0 Å². The van der Waals surface area contributed by atoms with Crippen molar-refractivity contribution in [3.05, 3.63) is 0 Å². The third kappa shape index (κ3) is 1.03. The highest BCUT2D eigenvalue weighted by molar-refractivity contribution is 5.10. The van der Waals surface area contributed by atoms with Crippen LogP contribution in [0.1, 0.15) is 32.1 Å². The third-order valence-corrected chi connectivity index (χ3v) is 6.25. The van der Waals surface area contributed by atoms with Gasteiger partial charge >= 0.3 is 0 Å². The van der Waals surface area contributed by atoms with Crippen molar-refractivity contribution in [2.24, 2.45) is 41.4 Å². The topological polar surface area (TPSA) is 9.23 Å². The zero-order valence-electron chi connectivity index (χ0n) is 9.69. The predicted octanol–water partition coefficient (Wildman–Crippen LogP) is 2.95. The van der Waals surface area contributed by atoms with E-state index in [1.54, 1.807) is 25.7 Å². The summed E-state index contributed by atoms with van der Waals surface area (Å²) >= 11 is 0. The van der Waals surface area contributed by atoms with E-state index in [9.17, 15) is 0 Å². The van der Waals surface area contributed by atoms with Gasteiger partial charge in [0.05, 0.1) is 0 Å². The molecule has 4 aliphatic rings. The fraction of sp³-hybridized carbons (Fsp3) is 1.00. The normalized spacial score (nSPS) is 60.2. The molecule has 7 unspecified atom stereocenters. The summed E-state index contributed by atoms with van der Waals surface area (Å²) in [5.74, 6) is 7.70. The second-order valence-electron chi connectivity index (χ2n) is 6.60. The highest BCUT2D eigenvalue weighted by Gasteiger charge is 2.61. The highest BCUT2D eigenvalue weighted by Crippen LogP contribution is 2.68. The van der Waals surface area contributed by atoms with Gasteiger partial charge in [0, 0.05) is 13.7 Å². The van der Waals surface area contributed by atoms with Gasteiger partial charge in [-0.05, 0) is 73.5 Å². The monoisotopic (exact) mass is 206 g/mol. The molecule has 0 aliphatic heterocycles. The Morgan fingerprint density at radius 2 is 1.73 bits per heavy atom. The molecule has 0 amide bonds. The molecule has 0 aromatic rings. The van der Waals surface area contributed by atoms with Gasteiger partial charge in [-0.1, -0.05) is 0 Å². The van der Waals surface area contributed by atoms with Crippen LogP contribution in [0.15, 0.2) is 0 Å². The van der Waals surface area contributed by atoms with Crippen molar-refractivity contribution in [1.82, 2.24) is 0 Å². The molecule has 4 rings (SSSR count). The molecule has 0 aromatic carbocycles. The lowest BCUT2D eigenvalue weighted by atomic mass is 9.68. The summed E-state index contributed by atoms with van der Waals surface area (Å²) in [6, 6.07) is 0. The minimum atomic E-state index is 0.931. The van der Waals surface area contributed by atoms with Crippen molar-refractivity contribution in [3.63, 3.8) is 0 Å². The van der Waals surface area contributed by atoms with Crippen molar-refractivity contribution in [3.8, 4) is 0 Å². The van der Waals surface area contributed by atoms with Gasteiger partial charge in [-0.25, -0.2) is 0 Å². The Hall–Kier alpha value is -0.0400. The maximum absolute atomic E-state index is 5.41. The first-order valence-corrected chi connectivity index (χ1v) is 6.87. The van der Waals surface area contributed by atoms with E-state index in [1.807, 2.05) is 7.11 Å². The van der Waals surface area contributed by atoms with E-state index in [2.05, 4.69) is 0 Å². The summed E-state index contributed by atoms with van der Waals surface area (Å²) in [6.07, 6.45) is 7.81. The second kappa shape index (κ2) is 3.00. The van der Waals surface area contributed by atoms with Crippen LogP contribution in [-0.4, -0.2) is 13.7 Å². The lowest BCUT2D eigenvalue weighted by Crippen LogP contribution is -2.34. The molecule has 0 saturated heterocycles. The van der Waals surface area contributed by atoms with Crippen LogP contribution in [0.4, 0.5) is 0 Å². The first kappa shape index (κ1) is 9.04. The molecule has 1 heteroatoms. The lowest BCUT2D eigenvalue weighted by molar-refractivity contribution is 0.0538. The van der Waals surface area contributed by atoms with Crippen molar-refractivity contribution in [2.75, 3.05) is 13.7 Å². The summed E-state index contributed by atoms with van der Waals surface area (Å²) in [4.78, 5) is 0. The van der Waals surface area contributed by atoms with E-state index in [-0.39, 0.29) is 0 Å². The van der Waals surface area contributed by atoms with Crippen molar-refractivity contribution in [1.29, 1.82) is 0 Å². The standard InChI is InChI=1S/C14H22O/c1-15-7-11-5-10-6-12(11)14-9-3-2-8(4-9)13(10)14/h8-14H,2-7H2,1H3. The zero-order valence-corrected chi connectivity index (χ0v) is 9.69. The van der Waals surface area contributed by atoms with Crippen LogP contribution in [0.25, 0.3) is 0 Å². The van der Waals surface area contributed by atoms with E-state index >= 15 is 0 Å². The molecule has 7 atom stereocenters. The summed E-state index contributed by atoms with van der Waals surface area (Å²) in [6.45, 7) is 1.04. The Labute approximate surface area is 92.6 Å². The van der Waals surface area contributed by atoms with E-state index in [1.165, 1.54) is 12.3 Å². The van der Waals surface area contributed by atoms with Crippen molar-refractivity contribution < 1.29 is 4.74 Å². The molecule has 0 aromatic heterocycles. The number of rotatable bonds is 2. The molecule has 84 valence electrons. The van der Waals surface area contributed by atoms with Gasteiger partial charge < -0.3 is 4.74 Å². The zero-order chi connectivity index (χ0) is 9.99. The maximum atomic E-state index is 5.41. The molecule has 15 heavy (non-hydrogen) atoms. The molecular formula is C14H22O. The van der Waals surface area contributed by atoms with Crippen LogP contribution < -0.4 is 0 Å². The number of methoxy groups -OCH3 is 1. The minimum Gasteiger partial charge on any atom is -0.384 e. The Morgan fingerprint density at radius 3 is 2.53 bits per heavy atom. The first-order chi connectivity index (χ1) is 7.38. The highest BCUT2D eigenvalue weighted by atomic mass is 16.5. The Balaban J connectivity index is 1.60. The van der Waals surface area contributed by atoms with Crippen LogP contribution >= 0.6 is 0 Å². The first-order valence-electron chi connectivity index (χ1n) is 6.87. The van der Waals surface area contributed by atoms with Gasteiger partial charge in [0.2, 0.25) is 0 Å². The van der Waals surface area contributed by atoms with Gasteiger partial charge in [0.25, 0.3) is 0 Å². The van der Waals surface area contributed by atoms with Crippen molar-refractivity contribution in [2.45, 2.75) is 32.1 Å². The smallest absolute Gasteiger partial charge is 0.0493 e. The Bertz CT molecular complexity index is 273. The molecular weight excluding hydrogens is 184 g/mol. The van der Waals surface area contributed by atoms with Crippen LogP contribution in [0.3, 0.4) is 0 Å². The number of ether oxygens (including phenoxy) is 1. The Morgan fingerprint density at radius 1 is 0.933 bits per heavy atom. The fourth-order valence-corrected chi connectivity index (χ4v) is 6.11. The van der Waals surface area contributed by atoms with E-state index in [0.29, 0.717) is 0 Å². The summed E-state index contributed by atoms with van der Waals surface area (Å²) < 4.78 is 5.41. The van der Waals surface area contributed by atoms with Crippen LogP contribution in [0, 0.1) is 41.4 Å². The molecule has 4 saturated carbocycles. The minimum absolute atomic E-state index is 0.931. The van der Waals surface area contributed by atoms with Gasteiger partial charge in [-0.3, -0.25) is 0 Å². The maximum Gasteiger partial charge on any atom is 0.0493 e. The summed E-state index contributed by atoms with van der Waals surface area (Å²) in [5.41, 5.74) is 0. The van der Waals surface area contributed by atoms with Crippen LogP contribution in [-0.2, 0) is 4.74 Å². The molecule has 4 bridgehead atoms. The number of hydrogen-bond acceptors (Lipinski definition) is 1. The summed E-state index contributed by atoms with van der Waals surface area (Å²) in [7, 11) is 1.88. The second-order valence-corrected chi connectivity index (χ2v) is 6.60. The Kier molecular flexibility index (Phi) is 1.81. The molecule has 4 aliphatic carbocycles. The van der Waals surface area contributed by atoms with Gasteiger partial charge in [0.1, 0.15) is 0 Å². The quantitative estimate of drug-likeness (QED) is 0.631. The van der Waals surface area contributed by atoms with Gasteiger partial charge in [-0.2, -0.15) is 0 Å². The molecule has 1 nitrogen and oxygen atoms in total. The van der Waals surface area contributed by atoms with Crippen LogP contribution in [0.2, 0.25) is 0 Å². The van der Waals surface area contributed by atoms with E-state index < -0.39 is 0 Å². The summed E-state index contributed by atoms with van der Waals surface area (Å²) in [5, 5.41) is 0. The predicted molar refractivity (Wildman–Crippen MR) is 59.4 cm³/mol. The molecule has 0 radical (unpaired) electrons. The van der Waals surface area contributed by atoms with Gasteiger partial charge in [0.15, 0.2) is 0 Å². The largest absolute Gasteiger partial charge is 0.384 e. The third-order valence-electron chi connectivity index (χ3n) is 6.25. The van der Waals surface area contributed by atoms with Crippen molar-refractivity contribution >= 4 is 0 Å². The molecule has 4 fully saturated rings. The average molecular weight is 206 g/mol. The SMILES string of the molecule is COCC1CC2CC1C1C3CCC(C3)C21. The average Bonchev–Trinajstić information content (AvgIpc) is 2.95. The number of fused-ring (bicyclic) bond motifs is 9. The van der Waals surface area contributed by atoms with E-state index in [4.69, 9.17) is 4.74 Å². The molecule has 0 N–H and O–H groups in total. The lowest BCUT2D eigenvalue weighted by Gasteiger charge is -2.38. The van der Waals surface area contributed by atoms with Gasteiger partial charge in [-0.15, -0.1) is 0 Å². The number of hydrogen-bond donors (Lipinski definition) is 0.